The quantitative estimate of drug-likeness (QED) is 0.0815. The Kier molecular flexibility index (Phi) is 23.8. The molecule has 0 aromatic heterocycles. The van der Waals surface area contributed by atoms with Gasteiger partial charge in [0.1, 0.15) is 0 Å². The van der Waals surface area contributed by atoms with Crippen LogP contribution in [0, 0.1) is 0 Å². The molecule has 0 saturated carbocycles. The Labute approximate surface area is 235 Å². The Morgan fingerprint density at radius 2 is 0.632 bits per heavy atom. The molecule has 0 heterocycles. The highest BCUT2D eigenvalue weighted by atomic mass is 16.2. The molecule has 0 fully saturated rings. The fourth-order valence-electron chi connectivity index (χ4n) is 5.16. The van der Waals surface area contributed by atoms with Crippen LogP contribution in [-0.2, 0) is 19.2 Å². The Bertz CT molecular complexity index is 578. The van der Waals surface area contributed by atoms with Crippen molar-refractivity contribution >= 4 is 23.5 Å². The summed E-state index contributed by atoms with van der Waals surface area (Å²) in [6.45, 7) is 8.35. The third-order valence-electron chi connectivity index (χ3n) is 7.73. The molecule has 5 nitrogen and oxygen atoms in total. The fourth-order valence-corrected chi connectivity index (χ4v) is 5.16. The van der Waals surface area contributed by atoms with Crippen molar-refractivity contribution in [3.05, 3.63) is 0 Å². The molecule has 0 saturated heterocycles. The number of unbranched alkanes of at least 4 members (excludes halogenated alkanes) is 16. The second kappa shape index (κ2) is 24.7. The van der Waals surface area contributed by atoms with E-state index < -0.39 is 4.48 Å². The summed E-state index contributed by atoms with van der Waals surface area (Å²) < 4.78 is -0.844. The normalized spacial score (nSPS) is 11.6. The number of Topliss-reactive ketones (excluding diaryl/α,β-unsaturated/α-hetero) is 1. The van der Waals surface area contributed by atoms with Gasteiger partial charge in [-0.05, 0) is 25.7 Å². The van der Waals surface area contributed by atoms with E-state index in [1.807, 2.05) is 0 Å². The SMILES string of the molecule is CCCCCCCC(=O)C[N+](C(=O)CCCCCCC)(C(=O)CCCCCCC)C(=O)CCCCCCC. The van der Waals surface area contributed by atoms with E-state index in [9.17, 15) is 19.2 Å². The first kappa shape index (κ1) is 36.6. The summed E-state index contributed by atoms with van der Waals surface area (Å²) >= 11 is 0. The number of amides is 3. The molecular weight excluding hydrogens is 474 g/mol. The predicted molar refractivity (Wildman–Crippen MR) is 159 cm³/mol. The topological polar surface area (TPSA) is 68.3 Å². The van der Waals surface area contributed by atoms with Gasteiger partial charge in [0.2, 0.25) is 0 Å². The lowest BCUT2D eigenvalue weighted by molar-refractivity contribution is -0.695. The number of hydrogen-bond donors (Lipinski definition) is 0. The molecule has 0 N–H and O–H groups in total. The molecular formula is C33H62NO4+. The van der Waals surface area contributed by atoms with Crippen molar-refractivity contribution < 1.29 is 23.7 Å². The number of rotatable bonds is 26. The van der Waals surface area contributed by atoms with Crippen molar-refractivity contribution in [2.45, 2.75) is 182 Å². The number of quaternary nitrogens is 1. The average Bonchev–Trinajstić information content (AvgIpc) is 2.90. The molecule has 0 atom stereocenters. The first-order chi connectivity index (χ1) is 18.4. The summed E-state index contributed by atoms with van der Waals surface area (Å²) in [7, 11) is 0. The van der Waals surface area contributed by atoms with Gasteiger partial charge in [0.25, 0.3) is 0 Å². The second-order valence-electron chi connectivity index (χ2n) is 11.3. The van der Waals surface area contributed by atoms with Crippen LogP contribution in [0.1, 0.15) is 182 Å². The van der Waals surface area contributed by atoms with E-state index in [0.717, 1.165) is 109 Å². The largest absolute Gasteiger partial charge is 0.328 e. The van der Waals surface area contributed by atoms with Gasteiger partial charge in [0.05, 0.1) is 19.3 Å². The van der Waals surface area contributed by atoms with E-state index in [0.29, 0.717) is 25.7 Å². The van der Waals surface area contributed by atoms with E-state index in [1.54, 1.807) is 0 Å². The van der Waals surface area contributed by atoms with Gasteiger partial charge in [-0.2, -0.15) is 0 Å². The molecule has 0 unspecified atom stereocenters. The van der Waals surface area contributed by atoms with E-state index in [-0.39, 0.29) is 49.3 Å². The molecule has 0 aliphatic carbocycles. The lowest BCUT2D eigenvalue weighted by atomic mass is 10.0. The Morgan fingerprint density at radius 3 is 0.921 bits per heavy atom. The highest BCUT2D eigenvalue weighted by Crippen LogP contribution is 2.23. The molecule has 0 aliphatic rings. The third-order valence-corrected chi connectivity index (χ3v) is 7.73. The number of imide groups is 3. The molecule has 3 amide bonds. The molecule has 0 radical (unpaired) electrons. The summed E-state index contributed by atoms with van der Waals surface area (Å²) in [6.07, 6.45) is 20.8. The van der Waals surface area contributed by atoms with E-state index in [1.165, 1.54) is 0 Å². The zero-order valence-corrected chi connectivity index (χ0v) is 25.8. The first-order valence-electron chi connectivity index (χ1n) is 16.4. The van der Waals surface area contributed by atoms with Gasteiger partial charge >= 0.3 is 17.7 Å². The van der Waals surface area contributed by atoms with Crippen molar-refractivity contribution in [3.63, 3.8) is 0 Å². The molecule has 0 aromatic carbocycles. The van der Waals surface area contributed by atoms with E-state index >= 15 is 0 Å². The fraction of sp³-hybridized carbons (Fsp3) is 0.879. The number of ketones is 1. The minimum absolute atomic E-state index is 0.112. The minimum Gasteiger partial charge on any atom is -0.293 e. The first-order valence-corrected chi connectivity index (χ1v) is 16.4. The average molecular weight is 537 g/mol. The molecule has 5 heteroatoms. The predicted octanol–water partition coefficient (Wildman–Crippen LogP) is 9.39. The van der Waals surface area contributed by atoms with Crippen LogP contribution in [-0.4, -0.2) is 34.5 Å². The summed E-state index contributed by atoms with van der Waals surface area (Å²) in [5, 5.41) is 0. The van der Waals surface area contributed by atoms with Gasteiger partial charge in [-0.3, -0.25) is 4.79 Å². The number of hydrogen-bond acceptors (Lipinski definition) is 4. The molecule has 0 aromatic rings. The summed E-state index contributed by atoms with van der Waals surface area (Å²) in [4.78, 5) is 54.5. The van der Waals surface area contributed by atoms with Crippen molar-refractivity contribution in [3.8, 4) is 0 Å². The van der Waals surface area contributed by atoms with Crippen molar-refractivity contribution in [1.82, 2.24) is 0 Å². The highest BCUT2D eigenvalue weighted by Gasteiger charge is 2.51. The zero-order valence-electron chi connectivity index (χ0n) is 25.8. The molecule has 0 aliphatic heterocycles. The lowest BCUT2D eigenvalue weighted by Gasteiger charge is -2.30. The molecule has 0 spiro atoms. The van der Waals surface area contributed by atoms with Gasteiger partial charge in [0.15, 0.2) is 12.3 Å². The van der Waals surface area contributed by atoms with Crippen LogP contribution in [0.5, 0.6) is 0 Å². The Hall–Kier alpha value is -1.36. The number of carbonyl (C=O) groups is 4. The third kappa shape index (κ3) is 15.9. The van der Waals surface area contributed by atoms with Crippen LogP contribution in [0.4, 0.5) is 0 Å². The molecule has 38 heavy (non-hydrogen) atoms. The van der Waals surface area contributed by atoms with Crippen LogP contribution < -0.4 is 0 Å². The number of nitrogens with zero attached hydrogens (tertiary/aromatic N) is 1. The van der Waals surface area contributed by atoms with Gasteiger partial charge in [0, 0.05) is 6.42 Å². The van der Waals surface area contributed by atoms with Crippen LogP contribution >= 0.6 is 0 Å². The second-order valence-corrected chi connectivity index (χ2v) is 11.3. The minimum atomic E-state index is -0.844. The van der Waals surface area contributed by atoms with Gasteiger partial charge in [-0.1, -0.05) is 130 Å². The van der Waals surface area contributed by atoms with Gasteiger partial charge in [-0.15, -0.1) is 4.48 Å². The number of carbonyl (C=O) groups excluding carboxylic acids is 4. The van der Waals surface area contributed by atoms with Crippen molar-refractivity contribution in [1.29, 1.82) is 0 Å². The lowest BCUT2D eigenvalue weighted by Crippen LogP contribution is -2.63. The monoisotopic (exact) mass is 536 g/mol. The molecule has 0 bridgehead atoms. The summed E-state index contributed by atoms with van der Waals surface area (Å²) in [6, 6.07) is 0. The summed E-state index contributed by atoms with van der Waals surface area (Å²) in [5.74, 6) is -1.12. The maximum Gasteiger partial charge on any atom is 0.328 e. The Balaban J connectivity index is 5.70. The van der Waals surface area contributed by atoms with Crippen LogP contribution in [0.25, 0.3) is 0 Å². The van der Waals surface area contributed by atoms with E-state index in [4.69, 9.17) is 0 Å². The van der Waals surface area contributed by atoms with Crippen molar-refractivity contribution in [2.75, 3.05) is 6.54 Å². The van der Waals surface area contributed by atoms with Crippen LogP contribution in [0.2, 0.25) is 0 Å². The van der Waals surface area contributed by atoms with Crippen LogP contribution in [0.3, 0.4) is 0 Å². The molecule has 0 rings (SSSR count). The highest BCUT2D eigenvalue weighted by molar-refractivity contribution is 6.00. The van der Waals surface area contributed by atoms with Crippen LogP contribution in [0.15, 0.2) is 0 Å². The van der Waals surface area contributed by atoms with Gasteiger partial charge < -0.3 is 0 Å². The maximum absolute atomic E-state index is 13.8. The standard InChI is InChI=1S/C33H62NO4/c1-5-9-13-17-21-25-30(35)29-34(31(36)26-22-18-14-10-6-2,32(37)27-23-19-15-11-7-3)33(38)28-24-20-16-12-8-4/h5-29H2,1-4H3/q+1. The smallest absolute Gasteiger partial charge is 0.293 e. The van der Waals surface area contributed by atoms with Gasteiger partial charge in [-0.25, -0.2) is 14.4 Å². The van der Waals surface area contributed by atoms with Crippen molar-refractivity contribution in [2.24, 2.45) is 0 Å². The maximum atomic E-state index is 13.8. The zero-order chi connectivity index (χ0) is 28.5. The van der Waals surface area contributed by atoms with E-state index in [2.05, 4.69) is 27.7 Å². The Morgan fingerprint density at radius 1 is 0.368 bits per heavy atom. The summed E-state index contributed by atoms with van der Waals surface area (Å²) in [5.41, 5.74) is 0. The molecule has 222 valence electrons.